The van der Waals surface area contributed by atoms with Crippen molar-refractivity contribution in [3.05, 3.63) is 11.7 Å². The molecule has 0 radical (unpaired) electrons. The van der Waals surface area contributed by atoms with E-state index in [9.17, 15) is 9.90 Å². The molecular weight excluding hydrogens is 258 g/mol. The fourth-order valence-electron chi connectivity index (χ4n) is 2.92. The zero-order valence-electron chi connectivity index (χ0n) is 12.4. The zero-order chi connectivity index (χ0) is 14.8. The van der Waals surface area contributed by atoms with Gasteiger partial charge in [-0.2, -0.15) is 4.98 Å². The van der Waals surface area contributed by atoms with Crippen LogP contribution in [0.5, 0.6) is 0 Å². The number of hydrogen-bond donors (Lipinski definition) is 1. The van der Waals surface area contributed by atoms with Crippen LogP contribution in [0.2, 0.25) is 0 Å². The van der Waals surface area contributed by atoms with Crippen molar-refractivity contribution in [2.45, 2.75) is 58.5 Å². The Morgan fingerprint density at radius 3 is 2.90 bits per heavy atom. The molecule has 6 nitrogen and oxygen atoms in total. The van der Waals surface area contributed by atoms with Crippen molar-refractivity contribution in [2.75, 3.05) is 6.54 Å². The summed E-state index contributed by atoms with van der Waals surface area (Å²) in [6.45, 7) is 7.33. The normalized spacial score (nSPS) is 23.6. The molecule has 6 heteroatoms. The maximum Gasteiger partial charge on any atom is 0.324 e. The minimum absolute atomic E-state index is 0.446. The smallest absolute Gasteiger partial charge is 0.324 e. The van der Waals surface area contributed by atoms with Gasteiger partial charge in [0.15, 0.2) is 5.82 Å². The molecule has 2 rings (SSSR count). The molecule has 1 saturated heterocycles. The standard InChI is InChI=1S/C14H23N3O3/c1-4-14(13(18)19)6-5-7-17(14)9-11-15-12(20-16-11)8-10(2)3/h10H,4-9H2,1-3H3,(H,18,19). The maximum absolute atomic E-state index is 11.6. The minimum Gasteiger partial charge on any atom is -0.480 e. The molecule has 1 atom stereocenters. The molecule has 0 spiro atoms. The number of likely N-dealkylation sites (tertiary alicyclic amines) is 1. The predicted octanol–water partition coefficient (Wildman–Crippen LogP) is 2.10. The van der Waals surface area contributed by atoms with Crippen LogP contribution >= 0.6 is 0 Å². The Morgan fingerprint density at radius 2 is 2.30 bits per heavy atom. The van der Waals surface area contributed by atoms with Gasteiger partial charge in [-0.05, 0) is 31.7 Å². The van der Waals surface area contributed by atoms with E-state index in [0.29, 0.717) is 37.0 Å². The quantitative estimate of drug-likeness (QED) is 0.860. The second-order valence-electron chi connectivity index (χ2n) is 5.92. The molecule has 1 unspecified atom stereocenters. The van der Waals surface area contributed by atoms with Crippen LogP contribution in [0.25, 0.3) is 0 Å². The second kappa shape index (κ2) is 5.91. The summed E-state index contributed by atoms with van der Waals surface area (Å²) in [4.78, 5) is 17.9. The summed E-state index contributed by atoms with van der Waals surface area (Å²) in [7, 11) is 0. The second-order valence-corrected chi connectivity index (χ2v) is 5.92. The first kappa shape index (κ1) is 15.0. The number of nitrogens with zero attached hydrogens (tertiary/aromatic N) is 3. The molecule has 1 aliphatic rings. The van der Waals surface area contributed by atoms with Crippen LogP contribution in [-0.2, 0) is 17.8 Å². The van der Waals surface area contributed by atoms with Gasteiger partial charge in [-0.25, -0.2) is 0 Å². The predicted molar refractivity (Wildman–Crippen MR) is 73.1 cm³/mol. The molecule has 0 aliphatic carbocycles. The van der Waals surface area contributed by atoms with Gasteiger partial charge < -0.3 is 9.63 Å². The summed E-state index contributed by atoms with van der Waals surface area (Å²) in [5.41, 5.74) is -0.765. The number of carboxylic acid groups (broad SMARTS) is 1. The highest BCUT2D eigenvalue weighted by molar-refractivity contribution is 5.79. The van der Waals surface area contributed by atoms with Crippen LogP contribution in [0.15, 0.2) is 4.52 Å². The van der Waals surface area contributed by atoms with Crippen molar-refractivity contribution < 1.29 is 14.4 Å². The molecule has 112 valence electrons. The molecule has 1 aromatic heterocycles. The first-order valence-corrected chi connectivity index (χ1v) is 7.28. The molecule has 1 aromatic rings. The number of rotatable bonds is 6. The number of aromatic nitrogens is 2. The highest BCUT2D eigenvalue weighted by atomic mass is 16.5. The molecule has 1 fully saturated rings. The molecule has 1 aliphatic heterocycles. The molecule has 0 bridgehead atoms. The van der Waals surface area contributed by atoms with Crippen molar-refractivity contribution in [1.29, 1.82) is 0 Å². The summed E-state index contributed by atoms with van der Waals surface area (Å²) in [5.74, 6) is 0.931. The van der Waals surface area contributed by atoms with Crippen LogP contribution in [0.1, 0.15) is 51.7 Å². The number of aliphatic carboxylic acids is 1. The van der Waals surface area contributed by atoms with Gasteiger partial charge in [0.2, 0.25) is 5.89 Å². The Hall–Kier alpha value is -1.43. The monoisotopic (exact) mass is 281 g/mol. The SMILES string of the molecule is CCC1(C(=O)O)CCCN1Cc1noc(CC(C)C)n1. The Morgan fingerprint density at radius 1 is 1.55 bits per heavy atom. The largest absolute Gasteiger partial charge is 0.480 e. The van der Waals surface area contributed by atoms with Gasteiger partial charge in [-0.1, -0.05) is 25.9 Å². The number of carboxylic acids is 1. The van der Waals surface area contributed by atoms with Crippen molar-refractivity contribution >= 4 is 5.97 Å². The van der Waals surface area contributed by atoms with E-state index in [1.54, 1.807) is 0 Å². The first-order chi connectivity index (χ1) is 9.48. The topological polar surface area (TPSA) is 79.5 Å². The number of hydrogen-bond acceptors (Lipinski definition) is 5. The van der Waals surface area contributed by atoms with Gasteiger partial charge in [-0.15, -0.1) is 0 Å². The first-order valence-electron chi connectivity index (χ1n) is 7.28. The summed E-state index contributed by atoms with van der Waals surface area (Å²) >= 11 is 0. The van der Waals surface area contributed by atoms with Gasteiger partial charge in [0, 0.05) is 6.42 Å². The van der Waals surface area contributed by atoms with Crippen LogP contribution in [0, 0.1) is 5.92 Å². The van der Waals surface area contributed by atoms with Gasteiger partial charge >= 0.3 is 5.97 Å². The van der Waals surface area contributed by atoms with E-state index in [1.807, 2.05) is 11.8 Å². The zero-order valence-corrected chi connectivity index (χ0v) is 12.4. The number of carbonyl (C=O) groups is 1. The lowest BCUT2D eigenvalue weighted by Gasteiger charge is -2.32. The van der Waals surface area contributed by atoms with Gasteiger partial charge in [-0.3, -0.25) is 9.69 Å². The molecule has 20 heavy (non-hydrogen) atoms. The lowest BCUT2D eigenvalue weighted by Crippen LogP contribution is -2.49. The maximum atomic E-state index is 11.6. The highest BCUT2D eigenvalue weighted by Gasteiger charge is 2.46. The summed E-state index contributed by atoms with van der Waals surface area (Å²) in [6, 6.07) is 0. The molecule has 0 aromatic carbocycles. The van der Waals surface area contributed by atoms with Crippen molar-refractivity contribution in [2.24, 2.45) is 5.92 Å². The molecule has 2 heterocycles. The Balaban J connectivity index is 2.08. The summed E-state index contributed by atoms with van der Waals surface area (Å²) in [5, 5.41) is 13.5. The third-order valence-corrected chi connectivity index (χ3v) is 4.03. The van der Waals surface area contributed by atoms with Gasteiger partial charge in [0.25, 0.3) is 0 Å². The summed E-state index contributed by atoms with van der Waals surface area (Å²) < 4.78 is 5.21. The van der Waals surface area contributed by atoms with Crippen LogP contribution in [0.3, 0.4) is 0 Å². The Bertz CT molecular complexity index is 472. The van der Waals surface area contributed by atoms with Gasteiger partial charge in [0.05, 0.1) is 6.54 Å². The van der Waals surface area contributed by atoms with E-state index in [0.717, 1.165) is 19.4 Å². The minimum atomic E-state index is -0.765. The van der Waals surface area contributed by atoms with Crippen molar-refractivity contribution in [3.63, 3.8) is 0 Å². The summed E-state index contributed by atoms with van der Waals surface area (Å²) in [6.07, 6.45) is 2.94. The van der Waals surface area contributed by atoms with E-state index in [-0.39, 0.29) is 0 Å². The fraction of sp³-hybridized carbons (Fsp3) is 0.786. The van der Waals surface area contributed by atoms with E-state index in [1.165, 1.54) is 0 Å². The van der Waals surface area contributed by atoms with E-state index < -0.39 is 11.5 Å². The molecular formula is C14H23N3O3. The highest BCUT2D eigenvalue weighted by Crippen LogP contribution is 2.33. The third-order valence-electron chi connectivity index (χ3n) is 4.03. The van der Waals surface area contributed by atoms with E-state index in [2.05, 4.69) is 24.0 Å². The van der Waals surface area contributed by atoms with Crippen LogP contribution in [0.4, 0.5) is 0 Å². The molecule has 1 N–H and O–H groups in total. The average Bonchev–Trinajstić information content (AvgIpc) is 2.96. The fourth-order valence-corrected chi connectivity index (χ4v) is 2.92. The molecule has 0 saturated carbocycles. The molecule has 0 amide bonds. The lowest BCUT2D eigenvalue weighted by molar-refractivity contribution is -0.150. The van der Waals surface area contributed by atoms with Gasteiger partial charge in [0.1, 0.15) is 5.54 Å². The van der Waals surface area contributed by atoms with Crippen LogP contribution in [-0.4, -0.2) is 38.2 Å². The lowest BCUT2D eigenvalue weighted by atomic mass is 9.93. The van der Waals surface area contributed by atoms with E-state index >= 15 is 0 Å². The van der Waals surface area contributed by atoms with Crippen molar-refractivity contribution in [3.8, 4) is 0 Å². The van der Waals surface area contributed by atoms with Crippen molar-refractivity contribution in [1.82, 2.24) is 15.0 Å². The third kappa shape index (κ3) is 2.85. The Kier molecular flexibility index (Phi) is 4.42. The van der Waals surface area contributed by atoms with Crippen LogP contribution < -0.4 is 0 Å². The Labute approximate surface area is 119 Å². The average molecular weight is 281 g/mol. The van der Waals surface area contributed by atoms with E-state index in [4.69, 9.17) is 4.52 Å².